The lowest BCUT2D eigenvalue weighted by molar-refractivity contribution is -0.384. The lowest BCUT2D eigenvalue weighted by Gasteiger charge is -2.11. The number of carbonyl (C=O) groups is 2. The van der Waals surface area contributed by atoms with Crippen molar-refractivity contribution in [3.63, 3.8) is 0 Å². The van der Waals surface area contributed by atoms with E-state index in [1.54, 1.807) is 6.92 Å². The maximum Gasteiger partial charge on any atom is 0.270 e. The van der Waals surface area contributed by atoms with Crippen LogP contribution in [-0.2, 0) is 4.79 Å². The molecule has 2 N–H and O–H groups in total. The van der Waals surface area contributed by atoms with Gasteiger partial charge in [-0.15, -0.1) is 0 Å². The summed E-state index contributed by atoms with van der Waals surface area (Å²) in [5.41, 5.74) is 4.49. The average Bonchev–Trinajstić information content (AvgIpc) is 2.44. The summed E-state index contributed by atoms with van der Waals surface area (Å²) in [5, 5.41) is 10.6. The second-order valence-corrected chi connectivity index (χ2v) is 4.44. The van der Waals surface area contributed by atoms with Crippen LogP contribution in [0.1, 0.15) is 37.0 Å². The molecular formula is C13H17N3O4. The van der Waals surface area contributed by atoms with Crippen molar-refractivity contribution in [2.24, 2.45) is 5.92 Å². The minimum absolute atomic E-state index is 0.114. The van der Waals surface area contributed by atoms with E-state index < -0.39 is 10.8 Å². The van der Waals surface area contributed by atoms with Crippen molar-refractivity contribution in [1.29, 1.82) is 0 Å². The predicted molar refractivity (Wildman–Crippen MR) is 72.8 cm³/mol. The number of amides is 2. The molecule has 1 aromatic carbocycles. The summed E-state index contributed by atoms with van der Waals surface area (Å²) >= 11 is 0. The molecule has 1 unspecified atom stereocenters. The maximum absolute atomic E-state index is 11.8. The zero-order valence-electron chi connectivity index (χ0n) is 11.4. The zero-order chi connectivity index (χ0) is 15.1. The second-order valence-electron chi connectivity index (χ2n) is 4.44. The lowest BCUT2D eigenvalue weighted by Crippen LogP contribution is -2.44. The maximum atomic E-state index is 11.8. The Morgan fingerprint density at radius 2 is 2.05 bits per heavy atom. The minimum atomic E-state index is -0.592. The van der Waals surface area contributed by atoms with Crippen LogP contribution < -0.4 is 10.9 Å². The molecule has 0 heterocycles. The molecule has 0 aliphatic heterocycles. The summed E-state index contributed by atoms with van der Waals surface area (Å²) < 4.78 is 0. The van der Waals surface area contributed by atoms with Gasteiger partial charge in [-0.2, -0.15) is 0 Å². The van der Waals surface area contributed by atoms with Gasteiger partial charge in [0.2, 0.25) is 5.91 Å². The Morgan fingerprint density at radius 1 is 1.35 bits per heavy atom. The van der Waals surface area contributed by atoms with Gasteiger partial charge >= 0.3 is 0 Å². The van der Waals surface area contributed by atoms with E-state index in [1.807, 2.05) is 6.92 Å². The van der Waals surface area contributed by atoms with E-state index in [0.717, 1.165) is 18.9 Å². The molecule has 0 radical (unpaired) electrons. The van der Waals surface area contributed by atoms with Crippen molar-refractivity contribution in [3.8, 4) is 0 Å². The molecule has 2 amide bonds. The molecule has 20 heavy (non-hydrogen) atoms. The van der Waals surface area contributed by atoms with Gasteiger partial charge in [0.1, 0.15) is 0 Å². The molecule has 0 bridgehead atoms. The first kappa shape index (κ1) is 15.6. The number of rotatable bonds is 5. The SMILES string of the molecule is CCCC(C)C(=O)NNC(=O)c1cccc([N+](=O)[O-])c1. The van der Waals surface area contributed by atoms with Crippen LogP contribution in [-0.4, -0.2) is 16.7 Å². The van der Waals surface area contributed by atoms with Crippen molar-refractivity contribution in [2.45, 2.75) is 26.7 Å². The number of hydrogen-bond donors (Lipinski definition) is 2. The third kappa shape index (κ3) is 4.34. The van der Waals surface area contributed by atoms with E-state index in [9.17, 15) is 19.7 Å². The van der Waals surface area contributed by atoms with Gasteiger partial charge in [-0.3, -0.25) is 30.6 Å². The van der Waals surface area contributed by atoms with E-state index in [-0.39, 0.29) is 23.1 Å². The number of benzene rings is 1. The van der Waals surface area contributed by atoms with E-state index in [4.69, 9.17) is 0 Å². The zero-order valence-corrected chi connectivity index (χ0v) is 11.4. The van der Waals surface area contributed by atoms with Crippen LogP contribution in [0.15, 0.2) is 24.3 Å². The fourth-order valence-corrected chi connectivity index (χ4v) is 1.64. The summed E-state index contributed by atoms with van der Waals surface area (Å²) in [4.78, 5) is 33.4. The number of nitro benzene ring substituents is 1. The molecule has 7 nitrogen and oxygen atoms in total. The molecule has 1 rings (SSSR count). The average molecular weight is 279 g/mol. The molecule has 108 valence electrons. The molecule has 0 saturated heterocycles. The summed E-state index contributed by atoms with van der Waals surface area (Å²) in [6.07, 6.45) is 1.59. The Bertz CT molecular complexity index is 516. The van der Waals surface area contributed by atoms with Crippen LogP contribution in [0, 0.1) is 16.0 Å². The van der Waals surface area contributed by atoms with E-state index in [0.29, 0.717) is 0 Å². The monoisotopic (exact) mass is 279 g/mol. The van der Waals surface area contributed by atoms with Crippen LogP contribution >= 0.6 is 0 Å². The van der Waals surface area contributed by atoms with Crippen LogP contribution in [0.3, 0.4) is 0 Å². The van der Waals surface area contributed by atoms with Gasteiger partial charge in [0.25, 0.3) is 11.6 Å². The molecule has 1 aromatic rings. The van der Waals surface area contributed by atoms with Crippen molar-refractivity contribution in [3.05, 3.63) is 39.9 Å². The number of carbonyl (C=O) groups excluding carboxylic acids is 2. The van der Waals surface area contributed by atoms with E-state index in [2.05, 4.69) is 10.9 Å². The van der Waals surface area contributed by atoms with Gasteiger partial charge < -0.3 is 0 Å². The molecule has 0 aliphatic rings. The largest absolute Gasteiger partial charge is 0.273 e. The second kappa shape index (κ2) is 7.22. The highest BCUT2D eigenvalue weighted by Crippen LogP contribution is 2.12. The molecular weight excluding hydrogens is 262 g/mol. The highest BCUT2D eigenvalue weighted by atomic mass is 16.6. The molecule has 0 aliphatic carbocycles. The van der Waals surface area contributed by atoms with Crippen LogP contribution in [0.2, 0.25) is 0 Å². The normalized spacial score (nSPS) is 11.5. The molecule has 0 aromatic heterocycles. The summed E-state index contributed by atoms with van der Waals surface area (Å²) in [5.74, 6) is -1.08. The van der Waals surface area contributed by atoms with Gasteiger partial charge in [0, 0.05) is 23.6 Å². The fourth-order valence-electron chi connectivity index (χ4n) is 1.64. The summed E-state index contributed by atoms with van der Waals surface area (Å²) in [6.45, 7) is 3.73. The Hall–Kier alpha value is -2.44. The van der Waals surface area contributed by atoms with Gasteiger partial charge in [0.15, 0.2) is 0 Å². The number of hydrogen-bond acceptors (Lipinski definition) is 4. The molecule has 0 spiro atoms. The third-order valence-electron chi connectivity index (χ3n) is 2.79. The van der Waals surface area contributed by atoms with Gasteiger partial charge in [-0.05, 0) is 12.5 Å². The number of hydrazine groups is 1. The smallest absolute Gasteiger partial charge is 0.270 e. The van der Waals surface area contributed by atoms with E-state index in [1.165, 1.54) is 18.2 Å². The molecule has 0 fully saturated rings. The first-order valence-corrected chi connectivity index (χ1v) is 6.30. The molecule has 0 saturated carbocycles. The van der Waals surface area contributed by atoms with Crippen molar-refractivity contribution in [2.75, 3.05) is 0 Å². The Balaban J connectivity index is 2.61. The summed E-state index contributed by atoms with van der Waals surface area (Å²) in [6, 6.07) is 5.29. The highest BCUT2D eigenvalue weighted by Gasteiger charge is 2.14. The Labute approximate surface area is 116 Å². The molecule has 7 heteroatoms. The van der Waals surface area contributed by atoms with Crippen LogP contribution in [0.25, 0.3) is 0 Å². The third-order valence-corrected chi connectivity index (χ3v) is 2.79. The Morgan fingerprint density at radius 3 is 2.65 bits per heavy atom. The van der Waals surface area contributed by atoms with Gasteiger partial charge in [0.05, 0.1) is 4.92 Å². The van der Waals surface area contributed by atoms with Crippen LogP contribution in [0.5, 0.6) is 0 Å². The van der Waals surface area contributed by atoms with Crippen molar-refractivity contribution in [1.82, 2.24) is 10.9 Å². The predicted octanol–water partition coefficient (Wildman–Crippen LogP) is 1.79. The summed E-state index contributed by atoms with van der Waals surface area (Å²) in [7, 11) is 0. The standard InChI is InChI=1S/C13H17N3O4/c1-3-5-9(2)12(17)14-15-13(18)10-6-4-7-11(8-10)16(19)20/h4,6-9H,3,5H2,1-2H3,(H,14,17)(H,15,18). The first-order valence-electron chi connectivity index (χ1n) is 6.30. The van der Waals surface area contributed by atoms with Crippen molar-refractivity contribution >= 4 is 17.5 Å². The minimum Gasteiger partial charge on any atom is -0.273 e. The van der Waals surface area contributed by atoms with Gasteiger partial charge in [-0.25, -0.2) is 0 Å². The van der Waals surface area contributed by atoms with E-state index >= 15 is 0 Å². The fraction of sp³-hybridized carbons (Fsp3) is 0.385. The van der Waals surface area contributed by atoms with Crippen LogP contribution in [0.4, 0.5) is 5.69 Å². The quantitative estimate of drug-likeness (QED) is 0.633. The van der Waals surface area contributed by atoms with Crippen molar-refractivity contribution < 1.29 is 14.5 Å². The molecule has 1 atom stereocenters. The number of non-ortho nitro benzene ring substituents is 1. The number of nitro groups is 1. The highest BCUT2D eigenvalue weighted by molar-refractivity contribution is 5.96. The van der Waals surface area contributed by atoms with Gasteiger partial charge in [-0.1, -0.05) is 26.3 Å². The lowest BCUT2D eigenvalue weighted by atomic mass is 10.1. The number of nitrogens with zero attached hydrogens (tertiary/aromatic N) is 1. The first-order chi connectivity index (χ1) is 9.45. The topological polar surface area (TPSA) is 101 Å². The number of nitrogens with one attached hydrogen (secondary N) is 2. The Kier molecular flexibility index (Phi) is 5.64.